The Morgan fingerprint density at radius 2 is 1.83 bits per heavy atom. The number of aromatic nitrogens is 4. The number of aryl methyl sites for hydroxylation is 1. The van der Waals surface area contributed by atoms with Gasteiger partial charge in [0.05, 0.1) is 0 Å². The predicted molar refractivity (Wildman–Crippen MR) is 138 cm³/mol. The Labute approximate surface area is 207 Å². The van der Waals surface area contributed by atoms with Crippen LogP contribution in [0.15, 0.2) is 76.8 Å². The van der Waals surface area contributed by atoms with Gasteiger partial charge in [-0.15, -0.1) is 0 Å². The second kappa shape index (κ2) is 10.5. The highest BCUT2D eigenvalue weighted by molar-refractivity contribution is 7.99. The maximum absolute atomic E-state index is 12.2. The number of carbonyl (C=O) groups is 1. The predicted octanol–water partition coefficient (Wildman–Crippen LogP) is 4.93. The Morgan fingerprint density at radius 1 is 1.03 bits per heavy atom. The van der Waals surface area contributed by atoms with Crippen molar-refractivity contribution < 1.29 is 4.79 Å². The fraction of sp³-hybridized carbons (Fsp3) is 0.200. The van der Waals surface area contributed by atoms with Crippen LogP contribution >= 0.6 is 11.8 Å². The van der Waals surface area contributed by atoms with Crippen molar-refractivity contribution in [2.45, 2.75) is 29.9 Å². The van der Waals surface area contributed by atoms with E-state index in [1.807, 2.05) is 73.7 Å². The molecule has 10 heteroatoms. The summed E-state index contributed by atoms with van der Waals surface area (Å²) in [5.41, 5.74) is 2.74. The second-order valence-corrected chi connectivity index (χ2v) is 9.26. The van der Waals surface area contributed by atoms with E-state index in [1.165, 1.54) is 18.2 Å². The van der Waals surface area contributed by atoms with Gasteiger partial charge in [-0.1, -0.05) is 30.3 Å². The Hall–Kier alpha value is -4.05. The Morgan fingerprint density at radius 3 is 2.51 bits per heavy atom. The number of rotatable bonds is 8. The molecule has 0 spiro atoms. The van der Waals surface area contributed by atoms with Crippen LogP contribution in [0.3, 0.4) is 0 Å². The molecule has 0 aliphatic carbocycles. The lowest BCUT2D eigenvalue weighted by Gasteiger charge is -2.32. The van der Waals surface area contributed by atoms with Gasteiger partial charge in [0, 0.05) is 48.0 Å². The molecular weight excluding hydrogens is 460 g/mol. The zero-order chi connectivity index (χ0) is 24.0. The first-order valence-electron chi connectivity index (χ1n) is 11.4. The zero-order valence-corrected chi connectivity index (χ0v) is 20.1. The maximum Gasteiger partial charge on any atom is 0.319 e. The Bertz CT molecular complexity index is 1290. The molecule has 4 N–H and O–H groups in total. The van der Waals surface area contributed by atoms with E-state index in [9.17, 15) is 4.79 Å². The second-order valence-electron chi connectivity index (χ2n) is 8.22. The van der Waals surface area contributed by atoms with Crippen molar-refractivity contribution in [1.82, 2.24) is 25.5 Å². The lowest BCUT2D eigenvalue weighted by Crippen LogP contribution is -2.37. The molecule has 9 nitrogen and oxygen atoms in total. The average Bonchev–Trinajstić information content (AvgIpc) is 3.23. The highest BCUT2D eigenvalue weighted by Crippen LogP contribution is 2.31. The molecular formula is C25H26N8OS. The van der Waals surface area contributed by atoms with Crippen LogP contribution in [-0.2, 0) is 6.54 Å². The molecule has 0 unspecified atom stereocenters. The van der Waals surface area contributed by atoms with Crippen molar-refractivity contribution in [3.05, 3.63) is 78.0 Å². The number of hydrogen-bond acceptors (Lipinski definition) is 7. The Kier molecular flexibility index (Phi) is 6.80. The van der Waals surface area contributed by atoms with Gasteiger partial charge in [0.2, 0.25) is 0 Å². The molecule has 35 heavy (non-hydrogen) atoms. The number of urea groups is 1. The van der Waals surface area contributed by atoms with Gasteiger partial charge < -0.3 is 20.9 Å². The van der Waals surface area contributed by atoms with E-state index in [0.717, 1.165) is 35.1 Å². The summed E-state index contributed by atoms with van der Waals surface area (Å²) >= 11 is 1.47. The number of nitrogens with zero attached hydrogens (tertiary/aromatic N) is 4. The molecule has 0 atom stereocenters. The van der Waals surface area contributed by atoms with Gasteiger partial charge in [0.1, 0.15) is 11.6 Å². The fourth-order valence-corrected chi connectivity index (χ4v) is 4.27. The number of H-pyrrole nitrogens is 1. The van der Waals surface area contributed by atoms with E-state index in [2.05, 4.69) is 36.0 Å². The fourth-order valence-electron chi connectivity index (χ4n) is 3.51. The third-order valence-corrected chi connectivity index (χ3v) is 6.32. The summed E-state index contributed by atoms with van der Waals surface area (Å²) in [4.78, 5) is 24.9. The SMILES string of the molecule is Cc1cc(Nc2cc(N3CCC3)nc(Sc3ccc(NC(=O)NCc4ccccc4)cc3)n2)n[nH]1. The van der Waals surface area contributed by atoms with Crippen LogP contribution in [0.1, 0.15) is 17.7 Å². The van der Waals surface area contributed by atoms with Crippen LogP contribution in [0.2, 0.25) is 0 Å². The van der Waals surface area contributed by atoms with Crippen molar-refractivity contribution in [2.24, 2.45) is 0 Å². The maximum atomic E-state index is 12.2. The molecule has 5 rings (SSSR count). The molecule has 1 aliphatic rings. The molecule has 2 aromatic carbocycles. The minimum atomic E-state index is -0.246. The minimum Gasteiger partial charge on any atom is -0.356 e. The summed E-state index contributed by atoms with van der Waals surface area (Å²) < 4.78 is 0. The molecule has 1 aliphatic heterocycles. The standard InChI is InChI=1S/C25H26N8OS/c1-17-14-22(32-31-17)28-21-15-23(33-12-5-13-33)30-25(29-21)35-20-10-8-19(9-11-20)27-24(34)26-16-18-6-3-2-4-7-18/h2-4,6-11,14-15H,5,12-13,16H2,1H3,(H2,26,27,34)(H2,28,29,30,31,32). The molecule has 2 amide bonds. The van der Waals surface area contributed by atoms with Gasteiger partial charge in [0.15, 0.2) is 11.0 Å². The van der Waals surface area contributed by atoms with Gasteiger partial charge in [-0.05, 0) is 54.9 Å². The molecule has 0 bridgehead atoms. The van der Waals surface area contributed by atoms with E-state index in [0.29, 0.717) is 29.0 Å². The molecule has 1 fully saturated rings. The van der Waals surface area contributed by atoms with Crippen molar-refractivity contribution in [3.63, 3.8) is 0 Å². The van der Waals surface area contributed by atoms with E-state index in [1.54, 1.807) is 0 Å². The van der Waals surface area contributed by atoms with Crippen molar-refractivity contribution in [3.8, 4) is 0 Å². The van der Waals surface area contributed by atoms with Crippen LogP contribution in [0, 0.1) is 6.92 Å². The Balaban J connectivity index is 1.23. The number of amides is 2. The molecule has 0 radical (unpaired) electrons. The minimum absolute atomic E-state index is 0.246. The lowest BCUT2D eigenvalue weighted by atomic mass is 10.2. The van der Waals surface area contributed by atoms with E-state index in [4.69, 9.17) is 4.98 Å². The van der Waals surface area contributed by atoms with Crippen LogP contribution < -0.4 is 20.9 Å². The summed E-state index contributed by atoms with van der Waals surface area (Å²) in [5.74, 6) is 2.31. The first-order valence-corrected chi connectivity index (χ1v) is 12.2. The largest absolute Gasteiger partial charge is 0.356 e. The van der Waals surface area contributed by atoms with E-state index < -0.39 is 0 Å². The number of nitrogens with one attached hydrogen (secondary N) is 4. The monoisotopic (exact) mass is 486 g/mol. The summed E-state index contributed by atoms with van der Waals surface area (Å²) in [5, 5.41) is 16.8. The topological polar surface area (TPSA) is 111 Å². The van der Waals surface area contributed by atoms with Crippen LogP contribution in [0.5, 0.6) is 0 Å². The van der Waals surface area contributed by atoms with Crippen LogP contribution in [-0.4, -0.2) is 39.3 Å². The quantitative estimate of drug-likeness (QED) is 0.261. The summed E-state index contributed by atoms with van der Waals surface area (Å²) in [7, 11) is 0. The molecule has 3 heterocycles. The summed E-state index contributed by atoms with van der Waals surface area (Å²) in [6.07, 6.45) is 1.17. The molecule has 4 aromatic rings. The van der Waals surface area contributed by atoms with Gasteiger partial charge in [0.25, 0.3) is 0 Å². The number of anilines is 4. The van der Waals surface area contributed by atoms with Crippen LogP contribution in [0.25, 0.3) is 0 Å². The van der Waals surface area contributed by atoms with E-state index >= 15 is 0 Å². The summed E-state index contributed by atoms with van der Waals surface area (Å²) in [6, 6.07) is 21.1. The first kappa shape index (κ1) is 22.7. The van der Waals surface area contributed by atoms with Gasteiger partial charge >= 0.3 is 6.03 Å². The highest BCUT2D eigenvalue weighted by Gasteiger charge is 2.18. The number of hydrogen-bond donors (Lipinski definition) is 4. The van der Waals surface area contributed by atoms with Gasteiger partial charge in [-0.2, -0.15) is 5.10 Å². The van der Waals surface area contributed by atoms with Crippen molar-refractivity contribution >= 4 is 40.9 Å². The average molecular weight is 487 g/mol. The first-order chi connectivity index (χ1) is 17.1. The zero-order valence-electron chi connectivity index (χ0n) is 19.3. The lowest BCUT2D eigenvalue weighted by molar-refractivity contribution is 0.251. The van der Waals surface area contributed by atoms with Gasteiger partial charge in [-0.3, -0.25) is 5.10 Å². The molecule has 1 saturated heterocycles. The number of carbonyl (C=O) groups excluding carboxylic acids is 1. The van der Waals surface area contributed by atoms with Gasteiger partial charge in [-0.25, -0.2) is 14.8 Å². The normalized spacial score (nSPS) is 12.7. The van der Waals surface area contributed by atoms with Crippen LogP contribution in [0.4, 0.5) is 27.9 Å². The smallest absolute Gasteiger partial charge is 0.319 e. The third kappa shape index (κ3) is 6.10. The molecule has 178 valence electrons. The summed E-state index contributed by atoms with van der Waals surface area (Å²) in [6.45, 7) is 4.42. The van der Waals surface area contributed by atoms with Crippen molar-refractivity contribution in [2.75, 3.05) is 28.6 Å². The number of benzene rings is 2. The highest BCUT2D eigenvalue weighted by atomic mass is 32.2. The van der Waals surface area contributed by atoms with Crippen molar-refractivity contribution in [1.29, 1.82) is 0 Å². The molecule has 0 saturated carbocycles. The molecule has 2 aromatic heterocycles. The number of aromatic amines is 1. The third-order valence-electron chi connectivity index (χ3n) is 5.45. The van der Waals surface area contributed by atoms with E-state index in [-0.39, 0.29) is 6.03 Å².